The molecule has 0 radical (unpaired) electrons. The van der Waals surface area contributed by atoms with Gasteiger partial charge in [-0.25, -0.2) is 5.06 Å². The van der Waals surface area contributed by atoms with Crippen LogP contribution in [0.4, 0.5) is 0 Å². The fraction of sp³-hybridized carbons (Fsp3) is 0.688. The third-order valence-corrected chi connectivity index (χ3v) is 5.09. The summed E-state index contributed by atoms with van der Waals surface area (Å²) in [7, 11) is 0. The highest BCUT2D eigenvalue weighted by molar-refractivity contribution is 5.83. The molecule has 3 heterocycles. The Hall–Kier alpha value is -1.89. The molecule has 2 fully saturated rings. The van der Waals surface area contributed by atoms with Gasteiger partial charge < -0.3 is 4.90 Å². The third kappa shape index (κ3) is 2.63. The minimum absolute atomic E-state index is 0.0965. The van der Waals surface area contributed by atoms with Crippen molar-refractivity contribution in [2.24, 2.45) is 5.92 Å². The quantitative estimate of drug-likeness (QED) is 0.819. The van der Waals surface area contributed by atoms with Crippen LogP contribution in [0.25, 0.3) is 0 Å². The summed E-state index contributed by atoms with van der Waals surface area (Å²) in [5, 5.41) is 5.76. The topological polar surface area (TPSA) is 67.7 Å². The van der Waals surface area contributed by atoms with Gasteiger partial charge in [0.1, 0.15) is 0 Å². The molecule has 7 nitrogen and oxygen atoms in total. The SMILES string of the molecule is O=C(C1CCC1)N1Cc2ccnn2C(C(=O)N2CCCCO2)C1. The van der Waals surface area contributed by atoms with Gasteiger partial charge in [0.2, 0.25) is 5.91 Å². The van der Waals surface area contributed by atoms with E-state index in [2.05, 4.69) is 5.10 Å². The van der Waals surface area contributed by atoms with Crippen molar-refractivity contribution < 1.29 is 14.4 Å². The molecule has 1 aromatic rings. The standard InChI is InChI=1S/C16H22N4O3/c21-15(12-4-3-5-12)18-10-13-6-7-17-20(13)14(11-18)16(22)19-8-1-2-9-23-19/h6-7,12,14H,1-5,8-11H2. The van der Waals surface area contributed by atoms with Crippen LogP contribution in [0.2, 0.25) is 0 Å². The number of amides is 2. The summed E-state index contributed by atoms with van der Waals surface area (Å²) in [6.07, 6.45) is 6.71. The molecule has 1 unspecified atom stereocenters. The van der Waals surface area contributed by atoms with Crippen molar-refractivity contribution >= 4 is 11.8 Å². The normalized spacial score (nSPS) is 25.0. The maximum atomic E-state index is 12.8. The number of hydrogen-bond donors (Lipinski definition) is 0. The molecule has 1 aromatic heterocycles. The van der Waals surface area contributed by atoms with E-state index >= 15 is 0 Å². The zero-order chi connectivity index (χ0) is 15.8. The first-order chi connectivity index (χ1) is 11.2. The fourth-order valence-electron chi connectivity index (χ4n) is 3.49. The van der Waals surface area contributed by atoms with Gasteiger partial charge in [-0.2, -0.15) is 5.10 Å². The minimum atomic E-state index is -0.476. The van der Waals surface area contributed by atoms with E-state index in [0.717, 1.165) is 37.8 Å². The molecule has 124 valence electrons. The molecule has 1 saturated carbocycles. The first-order valence-corrected chi connectivity index (χ1v) is 8.49. The molecule has 1 saturated heterocycles. The van der Waals surface area contributed by atoms with Crippen molar-refractivity contribution in [1.29, 1.82) is 0 Å². The van der Waals surface area contributed by atoms with Gasteiger partial charge in [0, 0.05) is 18.7 Å². The predicted molar refractivity (Wildman–Crippen MR) is 80.9 cm³/mol. The molecule has 3 aliphatic rings. The number of rotatable bonds is 2. The Kier molecular flexibility index (Phi) is 3.80. The lowest BCUT2D eigenvalue weighted by molar-refractivity contribution is -0.201. The van der Waals surface area contributed by atoms with Gasteiger partial charge in [-0.05, 0) is 31.7 Å². The van der Waals surface area contributed by atoms with Gasteiger partial charge >= 0.3 is 0 Å². The summed E-state index contributed by atoms with van der Waals surface area (Å²) in [6, 6.07) is 1.41. The third-order valence-electron chi connectivity index (χ3n) is 5.09. The second kappa shape index (κ2) is 5.96. The van der Waals surface area contributed by atoms with Gasteiger partial charge in [0.25, 0.3) is 5.91 Å². The van der Waals surface area contributed by atoms with Gasteiger partial charge in [0.15, 0.2) is 6.04 Å². The number of fused-ring (bicyclic) bond motifs is 1. The van der Waals surface area contributed by atoms with E-state index in [0.29, 0.717) is 26.2 Å². The Labute approximate surface area is 135 Å². The molecular formula is C16H22N4O3. The second-order valence-corrected chi connectivity index (χ2v) is 6.61. The molecular weight excluding hydrogens is 296 g/mol. The number of nitrogens with zero attached hydrogens (tertiary/aromatic N) is 4. The lowest BCUT2D eigenvalue weighted by Gasteiger charge is -2.38. The summed E-state index contributed by atoms with van der Waals surface area (Å²) < 4.78 is 1.75. The van der Waals surface area contributed by atoms with E-state index in [1.807, 2.05) is 11.0 Å². The van der Waals surface area contributed by atoms with Crippen molar-refractivity contribution in [3.8, 4) is 0 Å². The lowest BCUT2D eigenvalue weighted by atomic mass is 9.84. The number of aromatic nitrogens is 2. The number of hydroxylamine groups is 2. The summed E-state index contributed by atoms with van der Waals surface area (Å²) in [5.41, 5.74) is 0.916. The Balaban J connectivity index is 1.55. The molecule has 0 spiro atoms. The molecule has 2 amide bonds. The number of carbonyl (C=O) groups is 2. The molecule has 4 rings (SSSR count). The highest BCUT2D eigenvalue weighted by atomic mass is 16.7. The van der Waals surface area contributed by atoms with E-state index in [1.54, 1.807) is 10.9 Å². The minimum Gasteiger partial charge on any atom is -0.334 e. The van der Waals surface area contributed by atoms with Gasteiger partial charge in [-0.3, -0.25) is 19.1 Å². The van der Waals surface area contributed by atoms with Crippen LogP contribution >= 0.6 is 0 Å². The van der Waals surface area contributed by atoms with Crippen LogP contribution < -0.4 is 0 Å². The predicted octanol–water partition coefficient (Wildman–Crippen LogP) is 1.12. The maximum absolute atomic E-state index is 12.8. The summed E-state index contributed by atoms with van der Waals surface area (Å²) >= 11 is 0. The Morgan fingerprint density at radius 1 is 1.17 bits per heavy atom. The average molecular weight is 318 g/mol. The molecule has 0 N–H and O–H groups in total. The Morgan fingerprint density at radius 3 is 2.74 bits per heavy atom. The van der Waals surface area contributed by atoms with Crippen molar-refractivity contribution in [3.63, 3.8) is 0 Å². The van der Waals surface area contributed by atoms with Gasteiger partial charge in [-0.1, -0.05) is 6.42 Å². The zero-order valence-electron chi connectivity index (χ0n) is 13.2. The highest BCUT2D eigenvalue weighted by Crippen LogP contribution is 2.31. The Morgan fingerprint density at radius 2 is 2.04 bits per heavy atom. The maximum Gasteiger partial charge on any atom is 0.272 e. The summed E-state index contributed by atoms with van der Waals surface area (Å²) in [5.74, 6) is 0.230. The first-order valence-electron chi connectivity index (χ1n) is 8.49. The molecule has 23 heavy (non-hydrogen) atoms. The molecule has 1 aliphatic carbocycles. The first kappa shape index (κ1) is 14.7. The van der Waals surface area contributed by atoms with Crippen LogP contribution in [-0.2, 0) is 21.0 Å². The summed E-state index contributed by atoms with van der Waals surface area (Å²) in [4.78, 5) is 32.8. The van der Waals surface area contributed by atoms with E-state index in [9.17, 15) is 9.59 Å². The van der Waals surface area contributed by atoms with Crippen molar-refractivity contribution in [2.45, 2.75) is 44.7 Å². The van der Waals surface area contributed by atoms with Crippen LogP contribution in [0.3, 0.4) is 0 Å². The summed E-state index contributed by atoms with van der Waals surface area (Å²) in [6.45, 7) is 2.13. The molecule has 0 aromatic carbocycles. The average Bonchev–Trinajstić information content (AvgIpc) is 3.01. The van der Waals surface area contributed by atoms with Crippen LogP contribution in [0, 0.1) is 5.92 Å². The van der Waals surface area contributed by atoms with E-state index in [-0.39, 0.29) is 17.7 Å². The Bertz CT molecular complexity index is 604. The zero-order valence-corrected chi connectivity index (χ0v) is 13.2. The molecule has 7 heteroatoms. The monoisotopic (exact) mass is 318 g/mol. The van der Waals surface area contributed by atoms with Crippen LogP contribution in [0.15, 0.2) is 12.3 Å². The smallest absolute Gasteiger partial charge is 0.272 e. The van der Waals surface area contributed by atoms with E-state index in [4.69, 9.17) is 4.84 Å². The fourth-order valence-corrected chi connectivity index (χ4v) is 3.49. The van der Waals surface area contributed by atoms with Gasteiger partial charge in [-0.15, -0.1) is 0 Å². The van der Waals surface area contributed by atoms with Crippen molar-refractivity contribution in [3.05, 3.63) is 18.0 Å². The molecule has 0 bridgehead atoms. The lowest BCUT2D eigenvalue weighted by Crippen LogP contribution is -2.50. The van der Waals surface area contributed by atoms with Crippen molar-refractivity contribution in [2.75, 3.05) is 19.7 Å². The highest BCUT2D eigenvalue weighted by Gasteiger charge is 2.39. The molecule has 1 atom stereocenters. The van der Waals surface area contributed by atoms with Crippen LogP contribution in [-0.4, -0.2) is 51.3 Å². The molecule has 2 aliphatic heterocycles. The number of hydrogen-bond acceptors (Lipinski definition) is 4. The van der Waals surface area contributed by atoms with E-state index < -0.39 is 6.04 Å². The number of carbonyl (C=O) groups excluding carboxylic acids is 2. The largest absolute Gasteiger partial charge is 0.334 e. The van der Waals surface area contributed by atoms with Crippen LogP contribution in [0.1, 0.15) is 43.8 Å². The van der Waals surface area contributed by atoms with Gasteiger partial charge in [0.05, 0.1) is 25.4 Å². The second-order valence-electron chi connectivity index (χ2n) is 6.61. The van der Waals surface area contributed by atoms with E-state index in [1.165, 1.54) is 5.06 Å². The van der Waals surface area contributed by atoms with Crippen LogP contribution in [0.5, 0.6) is 0 Å². The van der Waals surface area contributed by atoms with Crippen molar-refractivity contribution in [1.82, 2.24) is 19.7 Å².